The zero-order valence-electron chi connectivity index (χ0n) is 17.8. The minimum atomic E-state index is -0.308. The van der Waals surface area contributed by atoms with Crippen molar-refractivity contribution in [2.45, 2.75) is 38.8 Å². The van der Waals surface area contributed by atoms with Crippen molar-refractivity contribution < 1.29 is 14.6 Å². The normalized spacial score (nSPS) is 17.0. The molecule has 5 heteroatoms. The van der Waals surface area contributed by atoms with Crippen LogP contribution >= 0.6 is 0 Å². The molecule has 0 bridgehead atoms. The van der Waals surface area contributed by atoms with Crippen LogP contribution in [-0.2, 0) is 17.7 Å². The molecule has 2 heterocycles. The Morgan fingerprint density at radius 2 is 1.90 bits per heavy atom. The maximum absolute atomic E-state index is 11.7. The van der Waals surface area contributed by atoms with Crippen molar-refractivity contribution in [1.82, 2.24) is 9.47 Å². The van der Waals surface area contributed by atoms with Gasteiger partial charge in [0.1, 0.15) is 0 Å². The highest BCUT2D eigenvalue weighted by Crippen LogP contribution is 2.28. The van der Waals surface area contributed by atoms with E-state index in [1.165, 1.54) is 41.3 Å². The van der Waals surface area contributed by atoms with Crippen molar-refractivity contribution in [3.05, 3.63) is 70.9 Å². The molecule has 30 heavy (non-hydrogen) atoms. The number of aliphatic hydroxyl groups is 1. The number of fused-ring (bicyclic) bond motifs is 1. The van der Waals surface area contributed by atoms with E-state index in [4.69, 9.17) is 4.74 Å². The highest BCUT2D eigenvalue weighted by molar-refractivity contribution is 5.89. The number of carbonyl (C=O) groups excluding carboxylic acids is 1. The molecule has 0 spiro atoms. The Balaban J connectivity index is 1.59. The molecule has 1 aromatic heterocycles. The van der Waals surface area contributed by atoms with Crippen molar-refractivity contribution in [1.29, 1.82) is 0 Å². The second kappa shape index (κ2) is 9.02. The van der Waals surface area contributed by atoms with Crippen molar-refractivity contribution in [2.24, 2.45) is 0 Å². The largest absolute Gasteiger partial charge is 0.465 e. The monoisotopic (exact) mass is 406 g/mol. The molecule has 5 nitrogen and oxygen atoms in total. The number of aliphatic hydroxyl groups excluding tert-OH is 1. The van der Waals surface area contributed by atoms with Gasteiger partial charge in [-0.15, -0.1) is 0 Å². The summed E-state index contributed by atoms with van der Waals surface area (Å²) in [4.78, 5) is 14.1. The number of carbonyl (C=O) groups is 1. The number of aromatic nitrogens is 1. The fourth-order valence-electron chi connectivity index (χ4n) is 4.72. The minimum Gasteiger partial charge on any atom is -0.465 e. The molecule has 2 aromatic carbocycles. The Morgan fingerprint density at radius 1 is 1.13 bits per heavy atom. The van der Waals surface area contributed by atoms with E-state index in [2.05, 4.69) is 40.7 Å². The number of nitrogens with zero attached hydrogens (tertiary/aromatic N) is 2. The van der Waals surface area contributed by atoms with Gasteiger partial charge in [-0.05, 0) is 62.1 Å². The topological polar surface area (TPSA) is 54.7 Å². The number of hydrogen-bond donors (Lipinski definition) is 1. The lowest BCUT2D eigenvalue weighted by Gasteiger charge is -2.23. The van der Waals surface area contributed by atoms with Crippen LogP contribution in [0.4, 0.5) is 0 Å². The predicted octanol–water partition coefficient (Wildman–Crippen LogP) is 3.78. The minimum absolute atomic E-state index is 0.248. The Labute approximate surface area is 177 Å². The third-order valence-electron chi connectivity index (χ3n) is 6.44. The second-order valence-corrected chi connectivity index (χ2v) is 8.11. The quantitative estimate of drug-likeness (QED) is 0.607. The third-order valence-corrected chi connectivity index (χ3v) is 6.44. The standard InChI is InChI=1S/C25H30N2O3/c1-18-23(16-19-9-11-20(12-10-19)25(29)30-2)22-7-3-4-8-24(22)27(18)15-14-26-13-5-6-21(26)17-28/h3-4,7-12,21,28H,5-6,13-17H2,1-2H3/t21-/m0/s1. The number of rotatable bonds is 7. The van der Waals surface area contributed by atoms with E-state index in [0.717, 1.165) is 32.5 Å². The van der Waals surface area contributed by atoms with Crippen molar-refractivity contribution >= 4 is 16.9 Å². The SMILES string of the molecule is COC(=O)c1ccc(Cc2c(C)n(CCN3CCC[C@H]3CO)c3ccccc23)cc1. The number of esters is 1. The summed E-state index contributed by atoms with van der Waals surface area (Å²) < 4.78 is 7.21. The van der Waals surface area contributed by atoms with Gasteiger partial charge in [-0.2, -0.15) is 0 Å². The van der Waals surface area contributed by atoms with E-state index in [-0.39, 0.29) is 12.6 Å². The molecule has 1 aliphatic heterocycles. The van der Waals surface area contributed by atoms with Crippen molar-refractivity contribution in [3.8, 4) is 0 Å². The van der Waals surface area contributed by atoms with E-state index in [0.29, 0.717) is 11.6 Å². The number of methoxy groups -OCH3 is 1. The van der Waals surface area contributed by atoms with Gasteiger partial charge in [0.2, 0.25) is 0 Å². The zero-order chi connectivity index (χ0) is 21.1. The van der Waals surface area contributed by atoms with Crippen LogP contribution < -0.4 is 0 Å². The number of ether oxygens (including phenoxy) is 1. The lowest BCUT2D eigenvalue weighted by molar-refractivity contribution is 0.0600. The molecule has 1 fully saturated rings. The average Bonchev–Trinajstić information content (AvgIpc) is 3.35. The Bertz CT molecular complexity index is 1020. The van der Waals surface area contributed by atoms with Crippen LogP contribution in [0.2, 0.25) is 0 Å². The van der Waals surface area contributed by atoms with Gasteiger partial charge in [0, 0.05) is 35.7 Å². The van der Waals surface area contributed by atoms with Crippen molar-refractivity contribution in [3.63, 3.8) is 0 Å². The summed E-state index contributed by atoms with van der Waals surface area (Å²) in [6.07, 6.45) is 3.09. The summed E-state index contributed by atoms with van der Waals surface area (Å²) >= 11 is 0. The van der Waals surface area contributed by atoms with E-state index >= 15 is 0 Å². The van der Waals surface area contributed by atoms with Gasteiger partial charge in [-0.3, -0.25) is 4.90 Å². The maximum Gasteiger partial charge on any atom is 0.337 e. The summed E-state index contributed by atoms with van der Waals surface area (Å²) in [7, 11) is 1.40. The molecular formula is C25H30N2O3. The Morgan fingerprint density at radius 3 is 2.63 bits per heavy atom. The van der Waals surface area contributed by atoms with Gasteiger partial charge in [0.05, 0.1) is 19.3 Å². The van der Waals surface area contributed by atoms with Crippen LogP contribution in [0, 0.1) is 6.92 Å². The van der Waals surface area contributed by atoms with E-state index in [1.54, 1.807) is 0 Å². The molecule has 1 N–H and O–H groups in total. The molecule has 1 atom stereocenters. The van der Waals surface area contributed by atoms with E-state index in [9.17, 15) is 9.90 Å². The first-order chi connectivity index (χ1) is 14.6. The van der Waals surface area contributed by atoms with Gasteiger partial charge in [-0.1, -0.05) is 30.3 Å². The first-order valence-electron chi connectivity index (χ1n) is 10.7. The van der Waals surface area contributed by atoms with Crippen LogP contribution in [0.3, 0.4) is 0 Å². The Hall–Kier alpha value is -2.63. The summed E-state index contributed by atoms with van der Waals surface area (Å²) in [6.45, 7) is 5.40. The summed E-state index contributed by atoms with van der Waals surface area (Å²) in [5, 5.41) is 10.9. The van der Waals surface area contributed by atoms with Crippen LogP contribution in [0.25, 0.3) is 10.9 Å². The number of likely N-dealkylation sites (tertiary alicyclic amines) is 1. The maximum atomic E-state index is 11.7. The van der Waals surface area contributed by atoms with Crippen LogP contribution in [0.5, 0.6) is 0 Å². The fourth-order valence-corrected chi connectivity index (χ4v) is 4.72. The van der Waals surface area contributed by atoms with Crippen LogP contribution in [0.15, 0.2) is 48.5 Å². The Kier molecular flexibility index (Phi) is 6.21. The predicted molar refractivity (Wildman–Crippen MR) is 119 cm³/mol. The summed E-state index contributed by atoms with van der Waals surface area (Å²) in [5.74, 6) is -0.308. The molecular weight excluding hydrogens is 376 g/mol. The lowest BCUT2D eigenvalue weighted by Crippen LogP contribution is -2.34. The smallest absolute Gasteiger partial charge is 0.337 e. The van der Waals surface area contributed by atoms with Gasteiger partial charge >= 0.3 is 5.97 Å². The first kappa shape index (κ1) is 20.6. The molecule has 0 amide bonds. The summed E-state index contributed by atoms with van der Waals surface area (Å²) in [5.41, 5.74) is 5.62. The van der Waals surface area contributed by atoms with Crippen LogP contribution in [0.1, 0.15) is 40.0 Å². The fraction of sp³-hybridized carbons (Fsp3) is 0.400. The number of benzene rings is 2. The summed E-state index contributed by atoms with van der Waals surface area (Å²) in [6, 6.07) is 16.6. The highest BCUT2D eigenvalue weighted by Gasteiger charge is 2.24. The van der Waals surface area contributed by atoms with Gasteiger partial charge in [-0.25, -0.2) is 4.79 Å². The molecule has 158 valence electrons. The molecule has 0 saturated carbocycles. The first-order valence-corrected chi connectivity index (χ1v) is 10.7. The lowest BCUT2D eigenvalue weighted by atomic mass is 10.0. The molecule has 3 aromatic rings. The molecule has 0 aliphatic carbocycles. The number of hydrogen-bond acceptors (Lipinski definition) is 4. The average molecular weight is 407 g/mol. The zero-order valence-corrected chi connectivity index (χ0v) is 17.8. The second-order valence-electron chi connectivity index (χ2n) is 8.11. The molecule has 0 radical (unpaired) electrons. The highest BCUT2D eigenvalue weighted by atomic mass is 16.5. The van der Waals surface area contributed by atoms with Gasteiger partial charge < -0.3 is 14.4 Å². The van der Waals surface area contributed by atoms with Crippen molar-refractivity contribution in [2.75, 3.05) is 26.8 Å². The molecule has 0 unspecified atom stereocenters. The van der Waals surface area contributed by atoms with E-state index in [1.807, 2.05) is 24.3 Å². The van der Waals surface area contributed by atoms with Gasteiger partial charge in [0.15, 0.2) is 0 Å². The molecule has 1 saturated heterocycles. The van der Waals surface area contributed by atoms with Gasteiger partial charge in [0.25, 0.3) is 0 Å². The van der Waals surface area contributed by atoms with E-state index < -0.39 is 0 Å². The van der Waals surface area contributed by atoms with Crippen LogP contribution in [-0.4, -0.2) is 53.4 Å². The molecule has 1 aliphatic rings. The third kappa shape index (κ3) is 4.00. The number of para-hydroxylation sites is 1. The molecule has 4 rings (SSSR count).